The van der Waals surface area contributed by atoms with Crippen molar-refractivity contribution in [2.75, 3.05) is 5.75 Å². The monoisotopic (exact) mass is 532 g/mol. The van der Waals surface area contributed by atoms with Crippen molar-refractivity contribution < 1.29 is 14.0 Å². The lowest BCUT2D eigenvalue weighted by Gasteiger charge is -2.33. The number of hydrogen-bond acceptors (Lipinski definition) is 3. The third-order valence-electron chi connectivity index (χ3n) is 7.14. The van der Waals surface area contributed by atoms with Crippen LogP contribution >= 0.6 is 11.8 Å². The van der Waals surface area contributed by atoms with Crippen LogP contribution in [0.25, 0.3) is 0 Å². The van der Waals surface area contributed by atoms with Crippen LogP contribution in [-0.2, 0) is 28.3 Å². The lowest BCUT2D eigenvalue weighted by atomic mass is 9.94. The van der Waals surface area contributed by atoms with Crippen LogP contribution in [0.5, 0.6) is 0 Å². The molecule has 3 aromatic carbocycles. The molecule has 1 atom stereocenters. The van der Waals surface area contributed by atoms with Gasteiger partial charge in [-0.2, -0.15) is 0 Å². The van der Waals surface area contributed by atoms with E-state index in [1.165, 1.54) is 29.8 Å². The fraction of sp³-hybridized carbons (Fsp3) is 0.375. The number of thioether (sulfide) groups is 1. The van der Waals surface area contributed by atoms with Crippen LogP contribution in [0, 0.1) is 12.7 Å². The van der Waals surface area contributed by atoms with Crippen molar-refractivity contribution in [3.05, 3.63) is 107 Å². The largest absolute Gasteiger partial charge is 0.352 e. The maximum Gasteiger partial charge on any atom is 0.243 e. The highest BCUT2D eigenvalue weighted by atomic mass is 32.2. The molecule has 1 N–H and O–H groups in total. The highest BCUT2D eigenvalue weighted by Gasteiger charge is 2.32. The van der Waals surface area contributed by atoms with Crippen LogP contribution in [-0.4, -0.2) is 34.6 Å². The van der Waals surface area contributed by atoms with Crippen molar-refractivity contribution in [3.63, 3.8) is 0 Å². The Kier molecular flexibility index (Phi) is 10.4. The van der Waals surface area contributed by atoms with Crippen LogP contribution in [0.3, 0.4) is 0 Å². The predicted molar refractivity (Wildman–Crippen MR) is 153 cm³/mol. The molecule has 3 aromatic rings. The Balaban J connectivity index is 1.56. The summed E-state index contributed by atoms with van der Waals surface area (Å²) in [6, 6.07) is 23.9. The van der Waals surface area contributed by atoms with E-state index in [4.69, 9.17) is 0 Å². The molecule has 6 heteroatoms. The molecule has 0 aliphatic heterocycles. The number of benzene rings is 3. The van der Waals surface area contributed by atoms with Crippen LogP contribution in [0.15, 0.2) is 78.9 Å². The van der Waals surface area contributed by atoms with Crippen molar-refractivity contribution in [1.29, 1.82) is 0 Å². The van der Waals surface area contributed by atoms with Gasteiger partial charge in [0.2, 0.25) is 11.8 Å². The fourth-order valence-electron chi connectivity index (χ4n) is 4.93. The van der Waals surface area contributed by atoms with E-state index < -0.39 is 6.04 Å². The smallest absolute Gasteiger partial charge is 0.243 e. The molecule has 2 amide bonds. The Morgan fingerprint density at radius 2 is 1.61 bits per heavy atom. The molecule has 38 heavy (non-hydrogen) atoms. The first-order chi connectivity index (χ1) is 18.5. The summed E-state index contributed by atoms with van der Waals surface area (Å²) in [6.07, 6.45) is 5.68. The molecule has 0 bridgehead atoms. The SMILES string of the molecule is Cc1ccc(CSCC(=O)N(Cc2ccccc2F)[C@@H](Cc2ccccc2)C(=O)NC2CCCCC2)cc1. The van der Waals surface area contributed by atoms with E-state index >= 15 is 0 Å². The second-order valence-electron chi connectivity index (χ2n) is 10.1. The van der Waals surface area contributed by atoms with E-state index in [9.17, 15) is 14.0 Å². The number of hydrogen-bond donors (Lipinski definition) is 1. The topological polar surface area (TPSA) is 49.4 Å². The third kappa shape index (κ3) is 8.19. The predicted octanol–water partition coefficient (Wildman–Crippen LogP) is 6.46. The van der Waals surface area contributed by atoms with Gasteiger partial charge >= 0.3 is 0 Å². The van der Waals surface area contributed by atoms with Gasteiger partial charge in [0.1, 0.15) is 11.9 Å². The molecular weight excluding hydrogens is 495 g/mol. The van der Waals surface area contributed by atoms with Gasteiger partial charge in [-0.25, -0.2) is 4.39 Å². The van der Waals surface area contributed by atoms with Gasteiger partial charge in [0.05, 0.1) is 5.75 Å². The summed E-state index contributed by atoms with van der Waals surface area (Å²) in [5.41, 5.74) is 3.71. The molecule has 1 fully saturated rings. The van der Waals surface area contributed by atoms with Gasteiger partial charge in [-0.3, -0.25) is 9.59 Å². The Labute approximate surface area is 230 Å². The van der Waals surface area contributed by atoms with Gasteiger partial charge in [-0.15, -0.1) is 11.8 Å². The highest BCUT2D eigenvalue weighted by molar-refractivity contribution is 7.99. The number of nitrogens with one attached hydrogen (secondary N) is 1. The van der Waals surface area contributed by atoms with Gasteiger partial charge in [-0.1, -0.05) is 97.6 Å². The van der Waals surface area contributed by atoms with Crippen molar-refractivity contribution in [1.82, 2.24) is 10.2 Å². The minimum atomic E-state index is -0.730. The molecule has 1 aliphatic rings. The Hall–Kier alpha value is -3.12. The molecule has 1 aliphatic carbocycles. The fourth-order valence-corrected chi connectivity index (χ4v) is 5.80. The molecule has 200 valence electrons. The van der Waals surface area contributed by atoms with Crippen molar-refractivity contribution >= 4 is 23.6 Å². The molecule has 1 saturated carbocycles. The summed E-state index contributed by atoms with van der Waals surface area (Å²) in [6.45, 7) is 2.10. The van der Waals surface area contributed by atoms with Gasteiger partial charge in [0, 0.05) is 30.3 Å². The molecule has 0 aromatic heterocycles. The summed E-state index contributed by atoms with van der Waals surface area (Å²) < 4.78 is 14.7. The van der Waals surface area contributed by atoms with Gasteiger partial charge in [-0.05, 0) is 37.0 Å². The molecule has 0 radical (unpaired) electrons. The molecule has 4 nitrogen and oxygen atoms in total. The number of nitrogens with zero attached hydrogens (tertiary/aromatic N) is 1. The van der Waals surface area contributed by atoms with E-state index in [2.05, 4.69) is 29.6 Å². The quantitative estimate of drug-likeness (QED) is 0.309. The summed E-state index contributed by atoms with van der Waals surface area (Å²) in [7, 11) is 0. The molecule has 0 spiro atoms. The zero-order valence-corrected chi connectivity index (χ0v) is 22.9. The van der Waals surface area contributed by atoms with E-state index in [1.54, 1.807) is 23.1 Å². The molecule has 0 heterocycles. The highest BCUT2D eigenvalue weighted by Crippen LogP contribution is 2.22. The number of rotatable bonds is 11. The zero-order chi connectivity index (χ0) is 26.7. The maximum atomic E-state index is 14.7. The average molecular weight is 533 g/mol. The number of halogens is 1. The lowest BCUT2D eigenvalue weighted by molar-refractivity contribution is -0.139. The normalized spacial score (nSPS) is 14.6. The number of aryl methyl sites for hydroxylation is 1. The minimum absolute atomic E-state index is 0.0478. The first kappa shape index (κ1) is 27.9. The number of carbonyl (C=O) groups is 2. The minimum Gasteiger partial charge on any atom is -0.352 e. The standard InChI is InChI=1S/C32H37FN2O2S/c1-24-16-18-26(19-17-24)22-38-23-31(36)35(21-27-12-8-9-15-29(27)33)30(20-25-10-4-2-5-11-25)32(37)34-28-13-6-3-7-14-28/h2,4-5,8-12,15-19,28,30H,3,6-7,13-14,20-23H2,1H3,(H,34,37)/t30-/m0/s1. The molecule has 4 rings (SSSR count). The Bertz CT molecular complexity index is 1180. The second kappa shape index (κ2) is 14.1. The van der Waals surface area contributed by atoms with Crippen LogP contribution in [0.2, 0.25) is 0 Å². The van der Waals surface area contributed by atoms with Crippen LogP contribution in [0.4, 0.5) is 4.39 Å². The van der Waals surface area contributed by atoms with E-state index in [0.717, 1.165) is 36.8 Å². The van der Waals surface area contributed by atoms with Crippen LogP contribution in [0.1, 0.15) is 54.4 Å². The number of amides is 2. The van der Waals surface area contributed by atoms with Crippen molar-refractivity contribution in [3.8, 4) is 0 Å². The van der Waals surface area contributed by atoms with Gasteiger partial charge in [0.15, 0.2) is 0 Å². The van der Waals surface area contributed by atoms with Gasteiger partial charge in [0.25, 0.3) is 0 Å². The Morgan fingerprint density at radius 3 is 2.32 bits per heavy atom. The Morgan fingerprint density at radius 1 is 0.921 bits per heavy atom. The third-order valence-corrected chi connectivity index (χ3v) is 8.12. The first-order valence-corrected chi connectivity index (χ1v) is 14.7. The van der Waals surface area contributed by atoms with Crippen molar-refractivity contribution in [2.45, 2.75) is 69.8 Å². The summed E-state index contributed by atoms with van der Waals surface area (Å²) in [5.74, 6) is 0.212. The molecular formula is C32H37FN2O2S. The molecule has 0 unspecified atom stereocenters. The zero-order valence-electron chi connectivity index (χ0n) is 22.1. The second-order valence-corrected chi connectivity index (χ2v) is 11.1. The summed E-state index contributed by atoms with van der Waals surface area (Å²) in [4.78, 5) is 29.1. The maximum absolute atomic E-state index is 14.7. The number of carbonyl (C=O) groups excluding carboxylic acids is 2. The van der Waals surface area contributed by atoms with Gasteiger partial charge < -0.3 is 10.2 Å². The average Bonchev–Trinajstić information content (AvgIpc) is 2.93. The molecule has 0 saturated heterocycles. The first-order valence-electron chi connectivity index (χ1n) is 13.5. The van der Waals surface area contributed by atoms with E-state index in [1.807, 2.05) is 37.3 Å². The van der Waals surface area contributed by atoms with Crippen molar-refractivity contribution in [2.24, 2.45) is 0 Å². The van der Waals surface area contributed by atoms with E-state index in [-0.39, 0.29) is 36.0 Å². The van der Waals surface area contributed by atoms with Crippen LogP contribution < -0.4 is 5.32 Å². The lowest BCUT2D eigenvalue weighted by Crippen LogP contribution is -2.53. The van der Waals surface area contributed by atoms with E-state index in [0.29, 0.717) is 17.7 Å². The summed E-state index contributed by atoms with van der Waals surface area (Å²) in [5, 5.41) is 3.23. The summed E-state index contributed by atoms with van der Waals surface area (Å²) >= 11 is 1.52.